The van der Waals surface area contributed by atoms with E-state index in [1.165, 1.54) is 13.4 Å². The summed E-state index contributed by atoms with van der Waals surface area (Å²) in [6.45, 7) is 0.00866. The zero-order valence-corrected chi connectivity index (χ0v) is 9.07. The van der Waals surface area contributed by atoms with Gasteiger partial charge in [-0.1, -0.05) is 5.16 Å². The number of aliphatic hydroxyl groups excluding tert-OH is 1. The molecule has 2 aromatic heterocycles. The summed E-state index contributed by atoms with van der Waals surface area (Å²) in [5.74, 6) is 0.689. The summed E-state index contributed by atoms with van der Waals surface area (Å²) in [7, 11) is 1.49. The monoisotopic (exact) mass is 237 g/mol. The minimum absolute atomic E-state index is 0.00866. The highest BCUT2D eigenvalue weighted by Crippen LogP contribution is 2.18. The molecule has 0 aliphatic heterocycles. The van der Waals surface area contributed by atoms with Crippen molar-refractivity contribution >= 4 is 0 Å². The third-order valence-electron chi connectivity index (χ3n) is 2.03. The van der Waals surface area contributed by atoms with Crippen molar-refractivity contribution in [3.8, 4) is 17.4 Å². The summed E-state index contributed by atoms with van der Waals surface area (Å²) >= 11 is 0. The molecule has 0 amide bonds. The standard InChI is InChI=1S/C9H11N5O3/c1-16-7-2-5(11-4-12-7)8-13-9(17-14-8)6(15)3-10/h2,4,6,15H,3,10H2,1H3/t6-/m0/s1. The SMILES string of the molecule is COc1cc(-c2noc([C@@H](O)CN)n2)ncn1. The maximum Gasteiger partial charge on any atom is 0.257 e. The van der Waals surface area contributed by atoms with E-state index in [2.05, 4.69) is 20.1 Å². The van der Waals surface area contributed by atoms with E-state index in [0.29, 0.717) is 11.6 Å². The van der Waals surface area contributed by atoms with Gasteiger partial charge in [-0.25, -0.2) is 9.97 Å². The number of nitrogens with zero attached hydrogens (tertiary/aromatic N) is 4. The van der Waals surface area contributed by atoms with Gasteiger partial charge in [0.1, 0.15) is 18.1 Å². The number of aromatic nitrogens is 4. The Kier molecular flexibility index (Phi) is 3.26. The molecule has 17 heavy (non-hydrogen) atoms. The Labute approximate surface area is 96.5 Å². The molecule has 0 aromatic carbocycles. The van der Waals surface area contributed by atoms with Crippen molar-refractivity contribution in [1.29, 1.82) is 0 Å². The Hall–Kier alpha value is -2.06. The van der Waals surface area contributed by atoms with Crippen LogP contribution in [0.5, 0.6) is 5.88 Å². The van der Waals surface area contributed by atoms with E-state index >= 15 is 0 Å². The van der Waals surface area contributed by atoms with Gasteiger partial charge in [0.2, 0.25) is 11.7 Å². The quantitative estimate of drug-likeness (QED) is 0.731. The molecule has 0 unspecified atom stereocenters. The van der Waals surface area contributed by atoms with E-state index in [-0.39, 0.29) is 18.3 Å². The van der Waals surface area contributed by atoms with Gasteiger partial charge in [-0.2, -0.15) is 4.98 Å². The molecule has 2 aromatic rings. The minimum Gasteiger partial charge on any atom is -0.481 e. The van der Waals surface area contributed by atoms with Gasteiger partial charge >= 0.3 is 0 Å². The highest BCUT2D eigenvalue weighted by Gasteiger charge is 2.16. The molecular formula is C9H11N5O3. The smallest absolute Gasteiger partial charge is 0.257 e. The first-order valence-electron chi connectivity index (χ1n) is 4.82. The van der Waals surface area contributed by atoms with Crippen LogP contribution in [0, 0.1) is 0 Å². The van der Waals surface area contributed by atoms with Crippen molar-refractivity contribution in [2.24, 2.45) is 5.73 Å². The third-order valence-corrected chi connectivity index (χ3v) is 2.03. The lowest BCUT2D eigenvalue weighted by Crippen LogP contribution is -2.11. The average molecular weight is 237 g/mol. The minimum atomic E-state index is -0.972. The summed E-state index contributed by atoms with van der Waals surface area (Å²) in [4.78, 5) is 11.8. The normalized spacial score (nSPS) is 12.4. The Balaban J connectivity index is 2.30. The largest absolute Gasteiger partial charge is 0.481 e. The van der Waals surface area contributed by atoms with Crippen molar-refractivity contribution in [1.82, 2.24) is 20.1 Å². The van der Waals surface area contributed by atoms with Gasteiger partial charge < -0.3 is 20.1 Å². The van der Waals surface area contributed by atoms with Crippen LogP contribution in [0.4, 0.5) is 0 Å². The lowest BCUT2D eigenvalue weighted by Gasteiger charge is -1.99. The molecule has 90 valence electrons. The van der Waals surface area contributed by atoms with E-state index in [0.717, 1.165) is 0 Å². The van der Waals surface area contributed by atoms with Crippen LogP contribution in [0.1, 0.15) is 12.0 Å². The summed E-state index contributed by atoms with van der Waals surface area (Å²) in [6, 6.07) is 1.56. The maximum atomic E-state index is 9.41. The Morgan fingerprint density at radius 1 is 1.53 bits per heavy atom. The molecule has 0 bridgehead atoms. The van der Waals surface area contributed by atoms with Gasteiger partial charge in [-0.3, -0.25) is 0 Å². The summed E-state index contributed by atoms with van der Waals surface area (Å²) in [5.41, 5.74) is 5.72. The molecule has 0 aliphatic rings. The van der Waals surface area contributed by atoms with Gasteiger partial charge in [0.15, 0.2) is 0 Å². The number of methoxy groups -OCH3 is 1. The van der Waals surface area contributed by atoms with Crippen molar-refractivity contribution in [3.63, 3.8) is 0 Å². The number of nitrogens with two attached hydrogens (primary N) is 1. The van der Waals surface area contributed by atoms with Crippen LogP contribution < -0.4 is 10.5 Å². The molecule has 0 saturated heterocycles. The molecule has 8 nitrogen and oxygen atoms in total. The second-order valence-electron chi connectivity index (χ2n) is 3.15. The van der Waals surface area contributed by atoms with E-state index in [1.54, 1.807) is 6.07 Å². The fraction of sp³-hybridized carbons (Fsp3) is 0.333. The van der Waals surface area contributed by atoms with Gasteiger partial charge in [0, 0.05) is 12.6 Å². The van der Waals surface area contributed by atoms with Crippen molar-refractivity contribution in [2.75, 3.05) is 13.7 Å². The number of rotatable bonds is 4. The molecule has 0 spiro atoms. The lowest BCUT2D eigenvalue weighted by atomic mass is 10.3. The molecule has 8 heteroatoms. The average Bonchev–Trinajstić information content (AvgIpc) is 2.87. The molecular weight excluding hydrogens is 226 g/mol. The first kappa shape index (κ1) is 11.4. The molecule has 2 heterocycles. The van der Waals surface area contributed by atoms with Crippen molar-refractivity contribution in [2.45, 2.75) is 6.10 Å². The van der Waals surface area contributed by atoms with Gasteiger partial charge in [0.25, 0.3) is 5.89 Å². The topological polar surface area (TPSA) is 120 Å². The molecule has 0 radical (unpaired) electrons. The highest BCUT2D eigenvalue weighted by atomic mass is 16.5. The van der Waals surface area contributed by atoms with Crippen molar-refractivity contribution in [3.05, 3.63) is 18.3 Å². The van der Waals surface area contributed by atoms with Gasteiger partial charge in [-0.15, -0.1) is 0 Å². The predicted octanol–water partition coefficient (Wildman–Crippen LogP) is -0.473. The fourth-order valence-electron chi connectivity index (χ4n) is 1.15. The predicted molar refractivity (Wildman–Crippen MR) is 55.9 cm³/mol. The van der Waals surface area contributed by atoms with Crippen LogP contribution in [0.3, 0.4) is 0 Å². The highest BCUT2D eigenvalue weighted by molar-refractivity contribution is 5.49. The Morgan fingerprint density at radius 2 is 2.35 bits per heavy atom. The third kappa shape index (κ3) is 2.37. The molecule has 0 saturated carbocycles. The fourth-order valence-corrected chi connectivity index (χ4v) is 1.15. The zero-order valence-electron chi connectivity index (χ0n) is 9.07. The Bertz CT molecular complexity index is 501. The number of ether oxygens (including phenoxy) is 1. The molecule has 3 N–H and O–H groups in total. The number of hydrogen-bond donors (Lipinski definition) is 2. The molecule has 0 fully saturated rings. The molecule has 2 rings (SSSR count). The van der Waals surface area contributed by atoms with Crippen LogP contribution >= 0.6 is 0 Å². The van der Waals surface area contributed by atoms with Gasteiger partial charge in [-0.05, 0) is 0 Å². The lowest BCUT2D eigenvalue weighted by molar-refractivity contribution is 0.141. The summed E-state index contributed by atoms with van der Waals surface area (Å²) in [5, 5.41) is 13.1. The first-order chi connectivity index (χ1) is 8.24. The number of hydrogen-bond acceptors (Lipinski definition) is 8. The van der Waals surface area contributed by atoms with Crippen molar-refractivity contribution < 1.29 is 14.4 Å². The Morgan fingerprint density at radius 3 is 3.06 bits per heavy atom. The van der Waals surface area contributed by atoms with Crippen LogP contribution in [0.25, 0.3) is 11.5 Å². The van der Waals surface area contributed by atoms with Crippen LogP contribution in [0.2, 0.25) is 0 Å². The van der Waals surface area contributed by atoms with Crippen LogP contribution in [0.15, 0.2) is 16.9 Å². The van der Waals surface area contributed by atoms with Crippen LogP contribution in [-0.2, 0) is 0 Å². The van der Waals surface area contributed by atoms with E-state index in [4.69, 9.17) is 15.0 Å². The molecule has 0 aliphatic carbocycles. The second-order valence-corrected chi connectivity index (χ2v) is 3.15. The molecule has 1 atom stereocenters. The van der Waals surface area contributed by atoms with Gasteiger partial charge in [0.05, 0.1) is 7.11 Å². The summed E-state index contributed by atoms with van der Waals surface area (Å²) < 4.78 is 9.80. The van der Waals surface area contributed by atoms with E-state index in [9.17, 15) is 5.11 Å². The maximum absolute atomic E-state index is 9.41. The van der Waals surface area contributed by atoms with E-state index < -0.39 is 6.10 Å². The summed E-state index contributed by atoms with van der Waals surface area (Å²) in [6.07, 6.45) is 0.351. The zero-order chi connectivity index (χ0) is 12.3. The van der Waals surface area contributed by atoms with E-state index in [1.807, 2.05) is 0 Å². The van der Waals surface area contributed by atoms with Crippen LogP contribution in [-0.4, -0.2) is 38.9 Å². The first-order valence-corrected chi connectivity index (χ1v) is 4.82. The second kappa shape index (κ2) is 4.85. The number of aliphatic hydroxyl groups is 1.